The number of thioether (sulfide) groups is 1. The fourth-order valence-corrected chi connectivity index (χ4v) is 3.34. The van der Waals surface area contributed by atoms with Crippen molar-refractivity contribution in [3.8, 4) is 11.5 Å². The fraction of sp³-hybridized carbons (Fsp3) is 0.462. The number of imidazole rings is 1. The molecule has 1 N–H and O–H groups in total. The van der Waals surface area contributed by atoms with E-state index in [9.17, 15) is 0 Å². The van der Waals surface area contributed by atoms with E-state index in [2.05, 4.69) is 26.8 Å². The summed E-state index contributed by atoms with van der Waals surface area (Å²) in [6, 6.07) is 0. The van der Waals surface area contributed by atoms with Crippen molar-refractivity contribution >= 4 is 17.6 Å². The first-order chi connectivity index (χ1) is 9.33. The molecule has 6 heteroatoms. The minimum absolute atomic E-state index is 0.775. The lowest BCUT2D eigenvalue weighted by Crippen LogP contribution is -2.06. The van der Waals surface area contributed by atoms with E-state index in [1.807, 2.05) is 31.3 Å². The molecule has 1 aliphatic rings. The summed E-state index contributed by atoms with van der Waals surface area (Å²) in [5.41, 5.74) is 3.40. The molecule has 0 bridgehead atoms. The molecule has 0 unspecified atom stereocenters. The van der Waals surface area contributed by atoms with Crippen LogP contribution in [0, 0.1) is 0 Å². The maximum Gasteiger partial charge on any atom is 0.180 e. The number of hydrogen-bond acceptors (Lipinski definition) is 5. The van der Waals surface area contributed by atoms with E-state index < -0.39 is 0 Å². The summed E-state index contributed by atoms with van der Waals surface area (Å²) in [6.07, 6.45) is 4.77. The summed E-state index contributed by atoms with van der Waals surface area (Å²) in [4.78, 5) is 13.6. The van der Waals surface area contributed by atoms with Gasteiger partial charge in [0, 0.05) is 30.7 Å². The highest BCUT2D eigenvalue weighted by Gasteiger charge is 2.20. The van der Waals surface area contributed by atoms with Crippen LogP contribution in [-0.2, 0) is 18.1 Å². The first kappa shape index (κ1) is 12.5. The number of aromatic nitrogens is 4. The maximum absolute atomic E-state index is 4.71. The predicted molar refractivity (Wildman–Crippen MR) is 78.1 cm³/mol. The standard InChI is InChI=1S/C13H17N5S/c1-3-4-18-8-15-5-11(18)13-16-10-7-19-6-9(10)12(14-2)17-13/h5,8H,3-4,6-7H2,1-2H3,(H,14,16,17). The van der Waals surface area contributed by atoms with Gasteiger partial charge in [0.25, 0.3) is 0 Å². The Kier molecular flexibility index (Phi) is 3.42. The lowest BCUT2D eigenvalue weighted by molar-refractivity contribution is 0.681. The Morgan fingerprint density at radius 1 is 1.37 bits per heavy atom. The topological polar surface area (TPSA) is 55.6 Å². The SMILES string of the molecule is CCCn1cncc1-c1nc2c(c(NC)n1)CSC2. The van der Waals surface area contributed by atoms with Gasteiger partial charge in [0.15, 0.2) is 5.82 Å². The van der Waals surface area contributed by atoms with Gasteiger partial charge in [0.2, 0.25) is 0 Å². The summed E-state index contributed by atoms with van der Waals surface area (Å²) < 4.78 is 2.11. The van der Waals surface area contributed by atoms with Crippen LogP contribution in [-0.4, -0.2) is 26.6 Å². The molecule has 0 atom stereocenters. The number of aryl methyl sites for hydroxylation is 1. The Bertz CT molecular complexity index is 593. The lowest BCUT2D eigenvalue weighted by atomic mass is 10.2. The highest BCUT2D eigenvalue weighted by Crippen LogP contribution is 2.34. The molecular weight excluding hydrogens is 258 g/mol. The van der Waals surface area contributed by atoms with Crippen molar-refractivity contribution in [2.75, 3.05) is 12.4 Å². The Hall–Kier alpha value is -1.56. The second-order valence-corrected chi connectivity index (χ2v) is 5.52. The number of nitrogens with one attached hydrogen (secondary N) is 1. The molecule has 3 rings (SSSR count). The molecule has 2 aromatic rings. The molecule has 0 fully saturated rings. The molecule has 3 heterocycles. The van der Waals surface area contributed by atoms with Crippen molar-refractivity contribution in [3.05, 3.63) is 23.8 Å². The number of nitrogens with zero attached hydrogens (tertiary/aromatic N) is 4. The van der Waals surface area contributed by atoms with Crippen molar-refractivity contribution in [1.29, 1.82) is 0 Å². The Morgan fingerprint density at radius 3 is 3.05 bits per heavy atom. The highest BCUT2D eigenvalue weighted by atomic mass is 32.2. The van der Waals surface area contributed by atoms with Gasteiger partial charge in [0.05, 0.1) is 18.2 Å². The molecule has 0 saturated carbocycles. The molecule has 0 amide bonds. The van der Waals surface area contributed by atoms with Gasteiger partial charge in [-0.2, -0.15) is 11.8 Å². The molecule has 0 aromatic carbocycles. The first-order valence-corrected chi connectivity index (χ1v) is 7.64. The van der Waals surface area contributed by atoms with Crippen molar-refractivity contribution in [1.82, 2.24) is 19.5 Å². The monoisotopic (exact) mass is 275 g/mol. The van der Waals surface area contributed by atoms with Crippen LogP contribution in [0.1, 0.15) is 24.6 Å². The molecule has 100 valence electrons. The Labute approximate surface area is 116 Å². The number of fused-ring (bicyclic) bond motifs is 1. The smallest absolute Gasteiger partial charge is 0.180 e. The van der Waals surface area contributed by atoms with Crippen LogP contribution in [0.2, 0.25) is 0 Å². The van der Waals surface area contributed by atoms with Crippen molar-refractivity contribution in [2.45, 2.75) is 31.4 Å². The van der Waals surface area contributed by atoms with Gasteiger partial charge in [-0.3, -0.25) is 0 Å². The van der Waals surface area contributed by atoms with Crippen LogP contribution in [0.15, 0.2) is 12.5 Å². The van der Waals surface area contributed by atoms with Crippen LogP contribution in [0.4, 0.5) is 5.82 Å². The lowest BCUT2D eigenvalue weighted by Gasteiger charge is -2.10. The number of hydrogen-bond donors (Lipinski definition) is 1. The van der Waals surface area contributed by atoms with Gasteiger partial charge in [-0.15, -0.1) is 0 Å². The van der Waals surface area contributed by atoms with E-state index in [1.54, 1.807) is 0 Å². The Morgan fingerprint density at radius 2 is 2.26 bits per heavy atom. The normalized spacial score (nSPS) is 13.6. The largest absolute Gasteiger partial charge is 0.373 e. The molecule has 0 saturated heterocycles. The molecule has 1 aliphatic heterocycles. The third-order valence-corrected chi connectivity index (χ3v) is 4.19. The third-order valence-electron chi connectivity index (χ3n) is 3.22. The van der Waals surface area contributed by atoms with Crippen LogP contribution >= 0.6 is 11.8 Å². The van der Waals surface area contributed by atoms with Gasteiger partial charge in [0.1, 0.15) is 11.5 Å². The van der Waals surface area contributed by atoms with E-state index in [0.717, 1.165) is 47.5 Å². The van der Waals surface area contributed by atoms with Gasteiger partial charge in [-0.05, 0) is 6.42 Å². The zero-order valence-electron chi connectivity index (χ0n) is 11.2. The number of anilines is 1. The van der Waals surface area contributed by atoms with E-state index in [1.165, 1.54) is 5.56 Å². The second kappa shape index (κ2) is 5.21. The first-order valence-electron chi connectivity index (χ1n) is 6.49. The number of rotatable bonds is 4. The predicted octanol–water partition coefficient (Wildman–Crippen LogP) is 2.54. The average molecular weight is 275 g/mol. The van der Waals surface area contributed by atoms with Gasteiger partial charge in [-0.1, -0.05) is 6.92 Å². The van der Waals surface area contributed by atoms with Gasteiger partial charge >= 0.3 is 0 Å². The Balaban J connectivity index is 2.08. The van der Waals surface area contributed by atoms with Crippen LogP contribution in [0.25, 0.3) is 11.5 Å². The van der Waals surface area contributed by atoms with Crippen LogP contribution in [0.3, 0.4) is 0 Å². The zero-order chi connectivity index (χ0) is 13.2. The van der Waals surface area contributed by atoms with E-state index >= 15 is 0 Å². The van der Waals surface area contributed by atoms with Gasteiger partial charge < -0.3 is 9.88 Å². The average Bonchev–Trinajstić information content (AvgIpc) is 3.06. The molecule has 0 aliphatic carbocycles. The summed E-state index contributed by atoms with van der Waals surface area (Å²) in [6.45, 7) is 3.10. The molecule has 2 aromatic heterocycles. The molecule has 5 nitrogen and oxygen atoms in total. The van der Waals surface area contributed by atoms with Crippen LogP contribution in [0.5, 0.6) is 0 Å². The van der Waals surface area contributed by atoms with E-state index in [-0.39, 0.29) is 0 Å². The zero-order valence-corrected chi connectivity index (χ0v) is 12.0. The van der Waals surface area contributed by atoms with Crippen molar-refractivity contribution in [3.63, 3.8) is 0 Å². The van der Waals surface area contributed by atoms with Crippen molar-refractivity contribution in [2.24, 2.45) is 0 Å². The summed E-state index contributed by atoms with van der Waals surface area (Å²) in [7, 11) is 1.92. The van der Waals surface area contributed by atoms with E-state index in [0.29, 0.717) is 0 Å². The molecule has 0 radical (unpaired) electrons. The quantitative estimate of drug-likeness (QED) is 0.929. The second-order valence-electron chi connectivity index (χ2n) is 4.54. The minimum Gasteiger partial charge on any atom is -0.373 e. The minimum atomic E-state index is 0.775. The fourth-order valence-electron chi connectivity index (χ4n) is 2.30. The maximum atomic E-state index is 4.71. The van der Waals surface area contributed by atoms with Gasteiger partial charge in [-0.25, -0.2) is 15.0 Å². The summed E-state index contributed by atoms with van der Waals surface area (Å²) in [5.74, 6) is 3.70. The molecular formula is C13H17N5S. The molecule has 0 spiro atoms. The molecule has 19 heavy (non-hydrogen) atoms. The summed E-state index contributed by atoms with van der Waals surface area (Å²) in [5, 5.41) is 3.19. The third kappa shape index (κ3) is 2.20. The summed E-state index contributed by atoms with van der Waals surface area (Å²) >= 11 is 1.89. The van der Waals surface area contributed by atoms with Crippen LogP contribution < -0.4 is 5.32 Å². The van der Waals surface area contributed by atoms with E-state index in [4.69, 9.17) is 4.98 Å². The van der Waals surface area contributed by atoms with Crippen molar-refractivity contribution < 1.29 is 0 Å². The highest BCUT2D eigenvalue weighted by molar-refractivity contribution is 7.98.